The summed E-state index contributed by atoms with van der Waals surface area (Å²) in [6.07, 6.45) is 6.51. The van der Waals surface area contributed by atoms with Gasteiger partial charge in [0.05, 0.1) is 0 Å². The van der Waals surface area contributed by atoms with Gasteiger partial charge in [-0.2, -0.15) is 0 Å². The van der Waals surface area contributed by atoms with Crippen LogP contribution in [-0.4, -0.2) is 11.1 Å². The van der Waals surface area contributed by atoms with E-state index in [2.05, 4.69) is 43.7 Å². The molecule has 0 aliphatic heterocycles. The standard InChI is InChI=1S/C18H26N2/c1-13-14(2)20(3)17-8-7-15(11-16(13)17)18(12-19)9-5-4-6-10-18/h7-8,11H,4-6,9-10,12,19H2,1-3H3. The second kappa shape index (κ2) is 4.92. The van der Waals surface area contributed by atoms with Crippen LogP contribution in [0, 0.1) is 13.8 Å². The molecule has 1 aromatic heterocycles. The molecule has 1 aromatic carbocycles. The van der Waals surface area contributed by atoms with Crippen LogP contribution in [0.2, 0.25) is 0 Å². The Balaban J connectivity index is 2.15. The van der Waals surface area contributed by atoms with Crippen LogP contribution in [0.4, 0.5) is 0 Å². The SMILES string of the molecule is Cc1c(C)n(C)c2ccc(C3(CN)CCCCC3)cc12. The lowest BCUT2D eigenvalue weighted by Crippen LogP contribution is -2.37. The molecule has 0 unspecified atom stereocenters. The number of benzene rings is 1. The predicted molar refractivity (Wildman–Crippen MR) is 86.2 cm³/mol. The van der Waals surface area contributed by atoms with Gasteiger partial charge < -0.3 is 10.3 Å². The van der Waals surface area contributed by atoms with E-state index >= 15 is 0 Å². The molecular formula is C18H26N2. The molecule has 1 heterocycles. The third-order valence-electron chi connectivity index (χ3n) is 5.62. The quantitative estimate of drug-likeness (QED) is 0.880. The second-order valence-electron chi connectivity index (χ2n) is 6.55. The molecule has 3 rings (SSSR count). The van der Waals surface area contributed by atoms with Crippen molar-refractivity contribution in [2.24, 2.45) is 12.8 Å². The van der Waals surface area contributed by atoms with Gasteiger partial charge in [-0.05, 0) is 49.9 Å². The van der Waals surface area contributed by atoms with Crippen LogP contribution in [0.5, 0.6) is 0 Å². The van der Waals surface area contributed by atoms with E-state index in [1.54, 1.807) is 0 Å². The first-order valence-corrected chi connectivity index (χ1v) is 7.85. The van der Waals surface area contributed by atoms with Crippen molar-refractivity contribution in [1.82, 2.24) is 4.57 Å². The number of fused-ring (bicyclic) bond motifs is 1. The van der Waals surface area contributed by atoms with Crippen LogP contribution < -0.4 is 5.73 Å². The topological polar surface area (TPSA) is 30.9 Å². The van der Waals surface area contributed by atoms with Crippen LogP contribution in [-0.2, 0) is 12.5 Å². The largest absolute Gasteiger partial charge is 0.348 e. The second-order valence-corrected chi connectivity index (χ2v) is 6.55. The van der Waals surface area contributed by atoms with Gasteiger partial charge in [0, 0.05) is 35.6 Å². The average molecular weight is 270 g/mol. The highest BCUT2D eigenvalue weighted by Crippen LogP contribution is 2.40. The molecule has 1 aliphatic carbocycles. The molecule has 0 amide bonds. The lowest BCUT2D eigenvalue weighted by molar-refractivity contribution is 0.301. The Kier molecular flexibility index (Phi) is 3.37. The monoisotopic (exact) mass is 270 g/mol. The smallest absolute Gasteiger partial charge is 0.0482 e. The molecule has 1 fully saturated rings. The van der Waals surface area contributed by atoms with Gasteiger partial charge in [0.15, 0.2) is 0 Å². The normalized spacial score (nSPS) is 18.6. The first kappa shape index (κ1) is 13.7. The number of aryl methyl sites for hydroxylation is 2. The summed E-state index contributed by atoms with van der Waals surface area (Å²) in [7, 11) is 2.16. The van der Waals surface area contributed by atoms with Gasteiger partial charge in [-0.15, -0.1) is 0 Å². The highest BCUT2D eigenvalue weighted by Gasteiger charge is 2.32. The molecule has 0 saturated heterocycles. The number of hydrogen-bond donors (Lipinski definition) is 1. The number of nitrogens with zero attached hydrogens (tertiary/aromatic N) is 1. The first-order chi connectivity index (χ1) is 9.59. The van der Waals surface area contributed by atoms with Crippen molar-refractivity contribution in [3.8, 4) is 0 Å². The molecular weight excluding hydrogens is 244 g/mol. The Morgan fingerprint density at radius 2 is 1.85 bits per heavy atom. The van der Waals surface area contributed by atoms with Crippen LogP contribution in [0.3, 0.4) is 0 Å². The molecule has 2 aromatic rings. The number of hydrogen-bond acceptors (Lipinski definition) is 1. The molecule has 0 radical (unpaired) electrons. The minimum absolute atomic E-state index is 0.225. The van der Waals surface area contributed by atoms with E-state index in [4.69, 9.17) is 5.73 Å². The highest BCUT2D eigenvalue weighted by molar-refractivity contribution is 5.86. The van der Waals surface area contributed by atoms with Gasteiger partial charge in [-0.3, -0.25) is 0 Å². The molecule has 2 heteroatoms. The molecule has 20 heavy (non-hydrogen) atoms. The number of aromatic nitrogens is 1. The van der Waals surface area contributed by atoms with E-state index in [1.807, 2.05) is 0 Å². The Morgan fingerprint density at radius 3 is 2.50 bits per heavy atom. The van der Waals surface area contributed by atoms with E-state index in [9.17, 15) is 0 Å². The molecule has 108 valence electrons. The summed E-state index contributed by atoms with van der Waals surface area (Å²) in [4.78, 5) is 0. The van der Waals surface area contributed by atoms with Gasteiger partial charge >= 0.3 is 0 Å². The van der Waals surface area contributed by atoms with E-state index in [0.29, 0.717) is 0 Å². The zero-order chi connectivity index (χ0) is 14.3. The number of rotatable bonds is 2. The summed E-state index contributed by atoms with van der Waals surface area (Å²) in [5, 5.41) is 1.40. The maximum absolute atomic E-state index is 6.18. The average Bonchev–Trinajstić information content (AvgIpc) is 2.72. The Bertz CT molecular complexity index is 630. The van der Waals surface area contributed by atoms with Gasteiger partial charge in [-0.1, -0.05) is 25.3 Å². The highest BCUT2D eigenvalue weighted by atomic mass is 14.9. The first-order valence-electron chi connectivity index (χ1n) is 7.85. The fourth-order valence-corrected chi connectivity index (χ4v) is 3.93. The van der Waals surface area contributed by atoms with Crippen molar-refractivity contribution in [3.63, 3.8) is 0 Å². The van der Waals surface area contributed by atoms with Crippen LogP contribution in [0.15, 0.2) is 18.2 Å². The maximum atomic E-state index is 6.18. The third-order valence-corrected chi connectivity index (χ3v) is 5.62. The Labute approximate surface area is 122 Å². The Morgan fingerprint density at radius 1 is 1.15 bits per heavy atom. The molecule has 1 aliphatic rings. The maximum Gasteiger partial charge on any atom is 0.0482 e. The minimum atomic E-state index is 0.225. The summed E-state index contributed by atoms with van der Waals surface area (Å²) < 4.78 is 2.30. The number of nitrogens with two attached hydrogens (primary N) is 1. The lowest BCUT2D eigenvalue weighted by Gasteiger charge is -2.37. The van der Waals surface area contributed by atoms with Crippen molar-refractivity contribution in [2.45, 2.75) is 51.4 Å². The van der Waals surface area contributed by atoms with Crippen LogP contribution in [0.1, 0.15) is 48.9 Å². The fourth-order valence-electron chi connectivity index (χ4n) is 3.93. The van der Waals surface area contributed by atoms with E-state index in [0.717, 1.165) is 6.54 Å². The minimum Gasteiger partial charge on any atom is -0.348 e. The summed E-state index contributed by atoms with van der Waals surface area (Å²) in [6.45, 7) is 5.22. The molecule has 0 atom stereocenters. The van der Waals surface area contributed by atoms with Crippen molar-refractivity contribution in [3.05, 3.63) is 35.0 Å². The van der Waals surface area contributed by atoms with Gasteiger partial charge in [0.25, 0.3) is 0 Å². The molecule has 2 nitrogen and oxygen atoms in total. The zero-order valence-electron chi connectivity index (χ0n) is 13.0. The fraction of sp³-hybridized carbons (Fsp3) is 0.556. The molecule has 0 spiro atoms. The summed E-state index contributed by atoms with van der Waals surface area (Å²) in [6, 6.07) is 7.02. The van der Waals surface area contributed by atoms with Gasteiger partial charge in [0.2, 0.25) is 0 Å². The third kappa shape index (κ3) is 1.89. The zero-order valence-corrected chi connectivity index (χ0v) is 13.0. The van der Waals surface area contributed by atoms with Crippen LogP contribution in [0.25, 0.3) is 10.9 Å². The summed E-state index contributed by atoms with van der Waals surface area (Å²) in [5.74, 6) is 0. The molecule has 0 bridgehead atoms. The molecule has 1 saturated carbocycles. The van der Waals surface area contributed by atoms with Crippen molar-refractivity contribution in [1.29, 1.82) is 0 Å². The van der Waals surface area contributed by atoms with Gasteiger partial charge in [-0.25, -0.2) is 0 Å². The Hall–Kier alpha value is -1.28. The van der Waals surface area contributed by atoms with Crippen molar-refractivity contribution in [2.75, 3.05) is 6.54 Å². The van der Waals surface area contributed by atoms with E-state index in [-0.39, 0.29) is 5.41 Å². The summed E-state index contributed by atoms with van der Waals surface area (Å²) in [5.41, 5.74) is 12.0. The van der Waals surface area contributed by atoms with E-state index < -0.39 is 0 Å². The lowest BCUT2D eigenvalue weighted by atomic mass is 9.69. The van der Waals surface area contributed by atoms with E-state index in [1.165, 1.54) is 59.8 Å². The van der Waals surface area contributed by atoms with Gasteiger partial charge in [0.1, 0.15) is 0 Å². The van der Waals surface area contributed by atoms with Crippen molar-refractivity contribution < 1.29 is 0 Å². The summed E-state index contributed by atoms with van der Waals surface area (Å²) >= 11 is 0. The predicted octanol–water partition coefficient (Wildman–Crippen LogP) is 3.96. The molecule has 2 N–H and O–H groups in total. The van der Waals surface area contributed by atoms with Crippen molar-refractivity contribution >= 4 is 10.9 Å². The van der Waals surface area contributed by atoms with Crippen LogP contribution >= 0.6 is 0 Å².